The lowest BCUT2D eigenvalue weighted by Gasteiger charge is -2.18. The number of nitrogens with zero attached hydrogens (tertiary/aromatic N) is 1. The van der Waals surface area contributed by atoms with Crippen molar-refractivity contribution in [3.63, 3.8) is 0 Å². The summed E-state index contributed by atoms with van der Waals surface area (Å²) >= 11 is 0. The van der Waals surface area contributed by atoms with Gasteiger partial charge in [-0.3, -0.25) is 9.59 Å². The molecule has 1 heterocycles. The summed E-state index contributed by atoms with van der Waals surface area (Å²) in [5, 5.41) is 2.65. The van der Waals surface area contributed by atoms with Crippen LogP contribution in [0.4, 0.5) is 11.4 Å². The number of carbonyl (C=O) groups excluding carboxylic acids is 2. The number of rotatable bonds is 8. The number of esters is 1. The standard InChI is InChI=1S/C21H25N3O5S/c1-16(23-30(27,28)19-7-3-2-4-8-19)21(26)29-15-20(25)22-17-9-11-18(12-10-17)24-13-5-6-14-24/h2-4,7-12,16,23H,5-6,13-15H2,1H3,(H,22,25)/t16-/m0/s1. The van der Waals surface area contributed by atoms with Crippen LogP contribution >= 0.6 is 0 Å². The molecule has 1 aliphatic heterocycles. The van der Waals surface area contributed by atoms with Crippen LogP contribution in [-0.2, 0) is 24.3 Å². The van der Waals surface area contributed by atoms with Crippen molar-refractivity contribution in [1.82, 2.24) is 4.72 Å². The molecule has 2 aromatic rings. The highest BCUT2D eigenvalue weighted by molar-refractivity contribution is 7.89. The van der Waals surface area contributed by atoms with Gasteiger partial charge in [0.15, 0.2) is 6.61 Å². The molecular formula is C21H25N3O5S. The van der Waals surface area contributed by atoms with E-state index in [0.29, 0.717) is 5.69 Å². The first-order valence-electron chi connectivity index (χ1n) is 9.74. The van der Waals surface area contributed by atoms with Gasteiger partial charge in [-0.05, 0) is 56.2 Å². The van der Waals surface area contributed by atoms with Gasteiger partial charge < -0.3 is 15.0 Å². The maximum Gasteiger partial charge on any atom is 0.324 e. The normalized spacial score (nSPS) is 14.9. The quantitative estimate of drug-likeness (QED) is 0.621. The second kappa shape index (κ2) is 9.73. The Hall–Kier alpha value is -2.91. The van der Waals surface area contributed by atoms with Gasteiger partial charge in [-0.25, -0.2) is 8.42 Å². The molecule has 0 radical (unpaired) electrons. The van der Waals surface area contributed by atoms with E-state index in [4.69, 9.17) is 4.74 Å². The van der Waals surface area contributed by atoms with Gasteiger partial charge in [0.25, 0.3) is 5.91 Å². The monoisotopic (exact) mass is 431 g/mol. The molecule has 30 heavy (non-hydrogen) atoms. The van der Waals surface area contributed by atoms with E-state index in [1.165, 1.54) is 31.9 Å². The number of hydrogen-bond acceptors (Lipinski definition) is 6. The van der Waals surface area contributed by atoms with Crippen molar-refractivity contribution >= 4 is 33.3 Å². The summed E-state index contributed by atoms with van der Waals surface area (Å²) in [7, 11) is -3.86. The van der Waals surface area contributed by atoms with E-state index in [9.17, 15) is 18.0 Å². The molecule has 2 N–H and O–H groups in total. The smallest absolute Gasteiger partial charge is 0.324 e. The third kappa shape index (κ3) is 5.80. The lowest BCUT2D eigenvalue weighted by Crippen LogP contribution is -2.40. The van der Waals surface area contributed by atoms with Crippen LogP contribution < -0.4 is 14.9 Å². The molecular weight excluding hydrogens is 406 g/mol. The average molecular weight is 432 g/mol. The molecule has 0 bridgehead atoms. The Morgan fingerprint density at radius 2 is 1.67 bits per heavy atom. The topological polar surface area (TPSA) is 105 Å². The molecule has 0 aliphatic carbocycles. The zero-order valence-corrected chi connectivity index (χ0v) is 17.5. The minimum Gasteiger partial charge on any atom is -0.454 e. The van der Waals surface area contributed by atoms with Crippen LogP contribution in [0.1, 0.15) is 19.8 Å². The molecule has 3 rings (SSSR count). The van der Waals surface area contributed by atoms with Gasteiger partial charge >= 0.3 is 5.97 Å². The predicted octanol–water partition coefficient (Wildman–Crippen LogP) is 2.14. The number of carbonyl (C=O) groups is 2. The Morgan fingerprint density at radius 1 is 1.03 bits per heavy atom. The van der Waals surface area contributed by atoms with Crippen LogP contribution in [0.2, 0.25) is 0 Å². The Bertz CT molecular complexity index is 971. The first-order chi connectivity index (χ1) is 14.3. The molecule has 1 amide bonds. The van der Waals surface area contributed by atoms with Crippen LogP contribution in [-0.4, -0.2) is 46.0 Å². The summed E-state index contributed by atoms with van der Waals surface area (Å²) in [6.45, 7) is 2.92. The van der Waals surface area contributed by atoms with E-state index in [2.05, 4.69) is 14.9 Å². The fourth-order valence-electron chi connectivity index (χ4n) is 3.14. The number of hydrogen-bond donors (Lipinski definition) is 2. The maximum absolute atomic E-state index is 12.2. The van der Waals surface area contributed by atoms with Crippen molar-refractivity contribution in [1.29, 1.82) is 0 Å². The molecule has 1 fully saturated rings. The Morgan fingerprint density at radius 3 is 2.30 bits per heavy atom. The summed E-state index contributed by atoms with van der Waals surface area (Å²) in [6, 6.07) is 14.0. The minimum atomic E-state index is -3.86. The summed E-state index contributed by atoms with van der Waals surface area (Å²) in [5.41, 5.74) is 1.70. The second-order valence-corrected chi connectivity index (χ2v) is 8.77. The largest absolute Gasteiger partial charge is 0.454 e. The van der Waals surface area contributed by atoms with Crippen molar-refractivity contribution in [2.75, 3.05) is 29.9 Å². The summed E-state index contributed by atoms with van der Waals surface area (Å²) in [5.74, 6) is -1.34. The first-order valence-corrected chi connectivity index (χ1v) is 11.2. The number of anilines is 2. The number of ether oxygens (including phenoxy) is 1. The molecule has 2 aromatic carbocycles. The minimum absolute atomic E-state index is 0.0415. The van der Waals surface area contributed by atoms with Gasteiger partial charge in [0.05, 0.1) is 4.90 Å². The SMILES string of the molecule is C[C@H](NS(=O)(=O)c1ccccc1)C(=O)OCC(=O)Nc1ccc(N2CCCC2)cc1. The fraction of sp³-hybridized carbons (Fsp3) is 0.333. The Labute approximate surface area is 176 Å². The third-order valence-corrected chi connectivity index (χ3v) is 6.26. The molecule has 1 aliphatic rings. The van der Waals surface area contributed by atoms with E-state index >= 15 is 0 Å². The van der Waals surface area contributed by atoms with Crippen molar-refractivity contribution in [3.05, 3.63) is 54.6 Å². The molecule has 8 nitrogen and oxygen atoms in total. The number of benzene rings is 2. The number of sulfonamides is 1. The van der Waals surface area contributed by atoms with Crippen LogP contribution in [0, 0.1) is 0 Å². The van der Waals surface area contributed by atoms with E-state index in [1.807, 2.05) is 12.1 Å². The average Bonchev–Trinajstić information content (AvgIpc) is 3.28. The number of nitrogens with one attached hydrogen (secondary N) is 2. The molecule has 0 spiro atoms. The van der Waals surface area contributed by atoms with Crippen LogP contribution in [0.5, 0.6) is 0 Å². The van der Waals surface area contributed by atoms with Gasteiger partial charge in [-0.1, -0.05) is 18.2 Å². The van der Waals surface area contributed by atoms with Gasteiger partial charge in [-0.15, -0.1) is 0 Å². The van der Waals surface area contributed by atoms with E-state index in [1.54, 1.807) is 30.3 Å². The fourth-order valence-corrected chi connectivity index (χ4v) is 4.35. The van der Waals surface area contributed by atoms with Crippen molar-refractivity contribution in [3.8, 4) is 0 Å². The highest BCUT2D eigenvalue weighted by Crippen LogP contribution is 2.22. The Balaban J connectivity index is 1.46. The third-order valence-electron chi connectivity index (χ3n) is 4.71. The van der Waals surface area contributed by atoms with Crippen molar-refractivity contribution in [2.24, 2.45) is 0 Å². The summed E-state index contributed by atoms with van der Waals surface area (Å²) in [6.07, 6.45) is 2.37. The summed E-state index contributed by atoms with van der Waals surface area (Å²) < 4.78 is 31.7. The van der Waals surface area contributed by atoms with E-state index < -0.39 is 34.5 Å². The summed E-state index contributed by atoms with van der Waals surface area (Å²) in [4.78, 5) is 26.4. The molecule has 160 valence electrons. The van der Waals surface area contributed by atoms with Crippen LogP contribution in [0.15, 0.2) is 59.5 Å². The van der Waals surface area contributed by atoms with Gasteiger partial charge in [-0.2, -0.15) is 4.72 Å². The molecule has 1 saturated heterocycles. The van der Waals surface area contributed by atoms with Crippen LogP contribution in [0.25, 0.3) is 0 Å². The van der Waals surface area contributed by atoms with E-state index in [0.717, 1.165) is 18.8 Å². The lowest BCUT2D eigenvalue weighted by molar-refractivity contribution is -0.148. The van der Waals surface area contributed by atoms with E-state index in [-0.39, 0.29) is 4.90 Å². The van der Waals surface area contributed by atoms with Gasteiger partial charge in [0.1, 0.15) is 6.04 Å². The predicted molar refractivity (Wildman–Crippen MR) is 114 cm³/mol. The first kappa shape index (κ1) is 21.8. The second-order valence-electron chi connectivity index (χ2n) is 7.05. The van der Waals surface area contributed by atoms with Crippen molar-refractivity contribution in [2.45, 2.75) is 30.7 Å². The zero-order valence-electron chi connectivity index (χ0n) is 16.7. The van der Waals surface area contributed by atoms with Gasteiger partial charge in [0, 0.05) is 24.5 Å². The lowest BCUT2D eigenvalue weighted by atomic mass is 10.2. The van der Waals surface area contributed by atoms with Crippen molar-refractivity contribution < 1.29 is 22.7 Å². The molecule has 0 unspecified atom stereocenters. The van der Waals surface area contributed by atoms with Gasteiger partial charge in [0.2, 0.25) is 10.0 Å². The molecule has 1 atom stereocenters. The maximum atomic E-state index is 12.2. The highest BCUT2D eigenvalue weighted by atomic mass is 32.2. The molecule has 9 heteroatoms. The van der Waals surface area contributed by atoms with Crippen LogP contribution in [0.3, 0.4) is 0 Å². The number of amides is 1. The molecule has 0 saturated carbocycles. The zero-order chi connectivity index (χ0) is 21.6. The highest BCUT2D eigenvalue weighted by Gasteiger charge is 2.23. The Kier molecular flexibility index (Phi) is 7.07. The molecule has 0 aromatic heterocycles.